The molecule has 0 aliphatic rings. The van der Waals surface area contributed by atoms with Crippen molar-refractivity contribution in [3.8, 4) is 17.6 Å². The van der Waals surface area contributed by atoms with Crippen LogP contribution in [0.15, 0.2) is 16.6 Å². The van der Waals surface area contributed by atoms with Crippen LogP contribution in [-0.2, 0) is 6.42 Å². The molecule has 0 aliphatic heterocycles. The first-order valence-electron chi connectivity index (χ1n) is 3.62. The Morgan fingerprint density at radius 2 is 2.31 bits per heavy atom. The fourth-order valence-electron chi connectivity index (χ4n) is 1.06. The maximum atomic E-state index is 9.39. The van der Waals surface area contributed by atoms with Crippen molar-refractivity contribution < 1.29 is 9.84 Å². The predicted molar refractivity (Wildman–Crippen MR) is 51.7 cm³/mol. The molecule has 0 amide bonds. The summed E-state index contributed by atoms with van der Waals surface area (Å²) in [4.78, 5) is 0. The lowest BCUT2D eigenvalue weighted by atomic mass is 10.1. The summed E-state index contributed by atoms with van der Waals surface area (Å²) >= 11 is 3.28. The molecular weight excluding hydrogens is 234 g/mol. The van der Waals surface area contributed by atoms with Crippen LogP contribution < -0.4 is 4.74 Å². The molecule has 0 aromatic heterocycles. The molecule has 1 rings (SSSR count). The first kappa shape index (κ1) is 9.87. The van der Waals surface area contributed by atoms with E-state index in [1.165, 1.54) is 13.2 Å². The third-order valence-corrected chi connectivity index (χ3v) is 2.39. The Balaban J connectivity index is 3.27. The number of phenols is 1. The van der Waals surface area contributed by atoms with Gasteiger partial charge in [-0.15, -0.1) is 0 Å². The number of aromatic hydroxyl groups is 1. The molecule has 0 fully saturated rings. The molecule has 0 atom stereocenters. The maximum absolute atomic E-state index is 9.39. The summed E-state index contributed by atoms with van der Waals surface area (Å²) in [7, 11) is 1.46. The summed E-state index contributed by atoms with van der Waals surface area (Å²) in [5, 5.41) is 17.9. The lowest BCUT2D eigenvalue weighted by molar-refractivity contribution is 0.370. The van der Waals surface area contributed by atoms with Gasteiger partial charge in [0.2, 0.25) is 0 Å². The first-order valence-corrected chi connectivity index (χ1v) is 4.41. The monoisotopic (exact) mass is 241 g/mol. The molecule has 4 heteroatoms. The minimum atomic E-state index is 0.0518. The van der Waals surface area contributed by atoms with Crippen LogP contribution >= 0.6 is 15.9 Å². The number of nitriles is 1. The highest BCUT2D eigenvalue weighted by Crippen LogP contribution is 2.35. The van der Waals surface area contributed by atoms with Crippen molar-refractivity contribution in [2.75, 3.05) is 7.11 Å². The second-order valence-electron chi connectivity index (χ2n) is 2.41. The van der Waals surface area contributed by atoms with Gasteiger partial charge in [-0.2, -0.15) is 5.26 Å². The van der Waals surface area contributed by atoms with Crippen LogP contribution in [0.25, 0.3) is 0 Å². The Kier molecular flexibility index (Phi) is 3.15. The first-order chi connectivity index (χ1) is 6.20. The highest BCUT2D eigenvalue weighted by atomic mass is 79.9. The van der Waals surface area contributed by atoms with Crippen LogP contribution in [0.1, 0.15) is 5.56 Å². The van der Waals surface area contributed by atoms with E-state index in [-0.39, 0.29) is 12.2 Å². The van der Waals surface area contributed by atoms with Crippen molar-refractivity contribution in [1.82, 2.24) is 0 Å². The summed E-state index contributed by atoms with van der Waals surface area (Å²) in [6, 6.07) is 5.21. The van der Waals surface area contributed by atoms with E-state index in [4.69, 9.17) is 10.00 Å². The molecule has 1 aromatic rings. The number of benzene rings is 1. The number of hydrogen-bond donors (Lipinski definition) is 1. The molecule has 0 saturated heterocycles. The number of hydrogen-bond acceptors (Lipinski definition) is 3. The summed E-state index contributed by atoms with van der Waals surface area (Å²) < 4.78 is 5.75. The maximum Gasteiger partial charge on any atom is 0.165 e. The predicted octanol–water partition coefficient (Wildman–Crippen LogP) is 2.23. The average molecular weight is 242 g/mol. The Labute approximate surface area is 84.7 Å². The van der Waals surface area contributed by atoms with Gasteiger partial charge in [0.15, 0.2) is 11.5 Å². The molecule has 3 nitrogen and oxygen atoms in total. The smallest absolute Gasteiger partial charge is 0.165 e. The zero-order chi connectivity index (χ0) is 9.84. The molecule has 1 N–H and O–H groups in total. The third-order valence-electron chi connectivity index (χ3n) is 1.64. The highest BCUT2D eigenvalue weighted by molar-refractivity contribution is 9.10. The molecule has 0 radical (unpaired) electrons. The van der Waals surface area contributed by atoms with Crippen molar-refractivity contribution >= 4 is 15.9 Å². The van der Waals surface area contributed by atoms with E-state index in [2.05, 4.69) is 15.9 Å². The lowest BCUT2D eigenvalue weighted by Crippen LogP contribution is -1.92. The van der Waals surface area contributed by atoms with Gasteiger partial charge in [0.25, 0.3) is 0 Å². The average Bonchev–Trinajstić information content (AvgIpc) is 2.12. The Morgan fingerprint density at radius 3 is 2.85 bits per heavy atom. The zero-order valence-corrected chi connectivity index (χ0v) is 8.63. The summed E-state index contributed by atoms with van der Waals surface area (Å²) in [5.74, 6) is 0.409. The van der Waals surface area contributed by atoms with Crippen molar-refractivity contribution in [1.29, 1.82) is 5.26 Å². The normalized spacial score (nSPS) is 9.31. The Hall–Kier alpha value is -1.21. The van der Waals surface area contributed by atoms with E-state index in [1.54, 1.807) is 6.07 Å². The number of rotatable bonds is 2. The molecule has 0 unspecified atom stereocenters. The summed E-state index contributed by atoms with van der Waals surface area (Å²) in [6.07, 6.45) is 0.207. The fraction of sp³-hybridized carbons (Fsp3) is 0.222. The van der Waals surface area contributed by atoms with E-state index < -0.39 is 0 Å². The molecule has 0 bridgehead atoms. The van der Waals surface area contributed by atoms with Gasteiger partial charge in [-0.3, -0.25) is 0 Å². The molecule has 0 heterocycles. The van der Waals surface area contributed by atoms with Crippen LogP contribution in [0, 0.1) is 11.3 Å². The molecule has 1 aromatic carbocycles. The minimum absolute atomic E-state index is 0.0518. The number of methoxy groups -OCH3 is 1. The van der Waals surface area contributed by atoms with Crippen molar-refractivity contribution in [2.45, 2.75) is 6.42 Å². The van der Waals surface area contributed by atoms with E-state index in [0.717, 1.165) is 4.47 Å². The molecule has 0 aliphatic carbocycles. The quantitative estimate of drug-likeness (QED) is 0.865. The van der Waals surface area contributed by atoms with Gasteiger partial charge in [-0.1, -0.05) is 15.9 Å². The van der Waals surface area contributed by atoms with Crippen LogP contribution in [0.5, 0.6) is 11.5 Å². The van der Waals surface area contributed by atoms with Gasteiger partial charge >= 0.3 is 0 Å². The van der Waals surface area contributed by atoms with Crippen LogP contribution in [-0.4, -0.2) is 12.2 Å². The van der Waals surface area contributed by atoms with Crippen LogP contribution in [0.2, 0.25) is 0 Å². The van der Waals surface area contributed by atoms with Crippen molar-refractivity contribution in [3.63, 3.8) is 0 Å². The van der Waals surface area contributed by atoms with Gasteiger partial charge in [-0.25, -0.2) is 0 Å². The lowest BCUT2D eigenvalue weighted by Gasteiger charge is -2.09. The number of phenolic OH excluding ortho intramolecular Hbond substituents is 1. The standard InChI is InChI=1S/C9H8BrNO2/c1-13-9-6(4-5-11)7(10)2-3-8(9)12/h2-3,12H,4H2,1H3. The minimum Gasteiger partial charge on any atom is -0.504 e. The van der Waals surface area contributed by atoms with Crippen LogP contribution in [0.4, 0.5) is 0 Å². The number of ether oxygens (including phenoxy) is 1. The topological polar surface area (TPSA) is 53.2 Å². The highest BCUT2D eigenvalue weighted by Gasteiger charge is 2.11. The Morgan fingerprint density at radius 1 is 1.62 bits per heavy atom. The van der Waals surface area contributed by atoms with Crippen molar-refractivity contribution in [3.05, 3.63) is 22.2 Å². The van der Waals surface area contributed by atoms with Gasteiger partial charge < -0.3 is 9.84 Å². The summed E-state index contributed by atoms with van der Waals surface area (Å²) in [5.41, 5.74) is 0.671. The summed E-state index contributed by atoms with van der Waals surface area (Å²) in [6.45, 7) is 0. The number of nitrogens with zero attached hydrogens (tertiary/aromatic N) is 1. The van der Waals surface area contributed by atoms with E-state index in [1.807, 2.05) is 6.07 Å². The van der Waals surface area contributed by atoms with Gasteiger partial charge in [0.1, 0.15) is 0 Å². The number of halogens is 1. The Bertz CT molecular complexity index is 357. The van der Waals surface area contributed by atoms with Gasteiger partial charge in [0.05, 0.1) is 19.6 Å². The largest absolute Gasteiger partial charge is 0.504 e. The van der Waals surface area contributed by atoms with Crippen molar-refractivity contribution in [2.24, 2.45) is 0 Å². The third kappa shape index (κ3) is 1.93. The molecule has 13 heavy (non-hydrogen) atoms. The molecule has 0 spiro atoms. The second-order valence-corrected chi connectivity index (χ2v) is 3.27. The van der Waals surface area contributed by atoms with E-state index in [0.29, 0.717) is 11.3 Å². The van der Waals surface area contributed by atoms with Crippen LogP contribution in [0.3, 0.4) is 0 Å². The van der Waals surface area contributed by atoms with Gasteiger partial charge in [0, 0.05) is 10.0 Å². The molecule has 68 valence electrons. The second kappa shape index (κ2) is 4.15. The van der Waals surface area contributed by atoms with Gasteiger partial charge in [-0.05, 0) is 12.1 Å². The van der Waals surface area contributed by atoms with E-state index >= 15 is 0 Å². The fourth-order valence-corrected chi connectivity index (χ4v) is 1.52. The SMILES string of the molecule is COc1c(O)ccc(Br)c1CC#N. The zero-order valence-electron chi connectivity index (χ0n) is 7.04. The molecular formula is C9H8BrNO2. The van der Waals surface area contributed by atoms with E-state index in [9.17, 15) is 5.11 Å². The molecule has 0 saturated carbocycles.